The Hall–Kier alpha value is -0.860. The predicted octanol–water partition coefficient (Wildman–Crippen LogP) is 2.87. The Morgan fingerprint density at radius 2 is 2.00 bits per heavy atom. The maximum Gasteiger partial charge on any atom is 0.194 e. The summed E-state index contributed by atoms with van der Waals surface area (Å²) < 4.78 is 0. The molecule has 1 saturated heterocycles. The first-order chi connectivity index (χ1) is 13.2. The van der Waals surface area contributed by atoms with Crippen molar-refractivity contribution in [1.82, 2.24) is 15.1 Å². The zero-order valence-electron chi connectivity index (χ0n) is 17.1. The normalized spacial score (nSPS) is 22.4. The summed E-state index contributed by atoms with van der Waals surface area (Å²) in [7, 11) is 0. The third kappa shape index (κ3) is 5.00. The number of likely N-dealkylation sites (tertiary alicyclic amines) is 1. The lowest BCUT2D eigenvalue weighted by atomic mass is 9.68. The fourth-order valence-electron chi connectivity index (χ4n) is 4.88. The van der Waals surface area contributed by atoms with Gasteiger partial charge < -0.3 is 15.3 Å². The number of aliphatic hydroxyl groups excluding tert-OH is 1. The van der Waals surface area contributed by atoms with E-state index in [0.29, 0.717) is 18.5 Å². The molecule has 1 aromatic rings. The quantitative estimate of drug-likeness (QED) is 0.373. The molecule has 1 atom stereocenters. The summed E-state index contributed by atoms with van der Waals surface area (Å²) in [5.41, 5.74) is 3.42. The SMILES string of the molecule is CCNC(=NCC(O)CN1CCc2ccccc2C1)N1CCC2(CCC2)C1.I. The van der Waals surface area contributed by atoms with E-state index in [-0.39, 0.29) is 24.0 Å². The fourth-order valence-corrected chi connectivity index (χ4v) is 4.88. The Morgan fingerprint density at radius 1 is 1.21 bits per heavy atom. The summed E-state index contributed by atoms with van der Waals surface area (Å²) in [4.78, 5) is 9.55. The van der Waals surface area contributed by atoms with Crippen LogP contribution in [-0.2, 0) is 13.0 Å². The molecule has 3 aliphatic rings. The van der Waals surface area contributed by atoms with Crippen LogP contribution in [0.25, 0.3) is 0 Å². The minimum Gasteiger partial charge on any atom is -0.390 e. The molecule has 2 fully saturated rings. The van der Waals surface area contributed by atoms with Gasteiger partial charge in [-0.3, -0.25) is 9.89 Å². The highest BCUT2D eigenvalue weighted by molar-refractivity contribution is 14.0. The number of hydrogen-bond acceptors (Lipinski definition) is 3. The maximum atomic E-state index is 10.6. The molecular weight excluding hydrogens is 463 g/mol. The van der Waals surface area contributed by atoms with Gasteiger partial charge in [-0.15, -0.1) is 24.0 Å². The van der Waals surface area contributed by atoms with E-state index in [1.165, 1.54) is 36.8 Å². The van der Waals surface area contributed by atoms with Gasteiger partial charge in [0.25, 0.3) is 0 Å². The lowest BCUT2D eigenvalue weighted by molar-refractivity contribution is 0.111. The molecule has 1 unspecified atom stereocenters. The third-order valence-electron chi connectivity index (χ3n) is 6.62. The van der Waals surface area contributed by atoms with Gasteiger partial charge in [0.05, 0.1) is 12.6 Å². The van der Waals surface area contributed by atoms with Crippen LogP contribution in [0, 0.1) is 5.41 Å². The molecule has 5 nitrogen and oxygen atoms in total. The minimum absolute atomic E-state index is 0. The highest BCUT2D eigenvalue weighted by Gasteiger charge is 2.43. The Kier molecular flexibility index (Phi) is 7.61. The number of aliphatic hydroxyl groups is 1. The summed E-state index contributed by atoms with van der Waals surface area (Å²) in [6, 6.07) is 8.66. The Morgan fingerprint density at radius 3 is 2.68 bits per heavy atom. The van der Waals surface area contributed by atoms with E-state index in [1.54, 1.807) is 0 Å². The summed E-state index contributed by atoms with van der Waals surface area (Å²) in [6.45, 7) is 8.36. The van der Waals surface area contributed by atoms with Crippen molar-refractivity contribution in [3.8, 4) is 0 Å². The van der Waals surface area contributed by atoms with E-state index < -0.39 is 6.10 Å². The van der Waals surface area contributed by atoms with Gasteiger partial charge in [-0.25, -0.2) is 0 Å². The fraction of sp³-hybridized carbons (Fsp3) is 0.682. The largest absolute Gasteiger partial charge is 0.390 e. The van der Waals surface area contributed by atoms with E-state index in [1.807, 2.05) is 0 Å². The number of guanidine groups is 1. The Balaban J connectivity index is 0.00000225. The van der Waals surface area contributed by atoms with E-state index in [4.69, 9.17) is 4.99 Å². The molecule has 28 heavy (non-hydrogen) atoms. The van der Waals surface area contributed by atoms with Crippen molar-refractivity contribution in [1.29, 1.82) is 0 Å². The first-order valence-corrected chi connectivity index (χ1v) is 10.7. The molecule has 0 radical (unpaired) electrons. The van der Waals surface area contributed by atoms with Crippen molar-refractivity contribution in [2.24, 2.45) is 10.4 Å². The molecule has 4 rings (SSSR count). The lowest BCUT2D eigenvalue weighted by Crippen LogP contribution is -2.43. The molecule has 0 amide bonds. The molecule has 1 aromatic carbocycles. The first kappa shape index (κ1) is 21.8. The van der Waals surface area contributed by atoms with Crippen LogP contribution in [-0.4, -0.2) is 66.2 Å². The second-order valence-corrected chi connectivity index (χ2v) is 8.63. The molecule has 2 heterocycles. The number of benzene rings is 1. The standard InChI is InChI=1S/C22H34N4O.HI/c1-2-23-21(26-13-11-22(17-26)9-5-10-22)24-14-20(27)16-25-12-8-18-6-3-4-7-19(18)15-25;/h3-4,6-7,20,27H,2,5,8-17H2,1H3,(H,23,24);1H. The van der Waals surface area contributed by atoms with Crippen molar-refractivity contribution < 1.29 is 5.11 Å². The Bertz CT molecular complexity index is 676. The minimum atomic E-state index is -0.413. The molecule has 1 aliphatic carbocycles. The van der Waals surface area contributed by atoms with Crippen LogP contribution < -0.4 is 5.32 Å². The average molecular weight is 498 g/mol. The van der Waals surface area contributed by atoms with Gasteiger partial charge in [0, 0.05) is 39.3 Å². The van der Waals surface area contributed by atoms with Crippen molar-refractivity contribution in [2.75, 3.05) is 39.3 Å². The highest BCUT2D eigenvalue weighted by Crippen LogP contribution is 2.47. The van der Waals surface area contributed by atoms with E-state index in [0.717, 1.165) is 45.1 Å². The Labute approximate surface area is 186 Å². The molecule has 156 valence electrons. The summed E-state index contributed by atoms with van der Waals surface area (Å²) >= 11 is 0. The van der Waals surface area contributed by atoms with Crippen LogP contribution in [0.2, 0.25) is 0 Å². The summed E-state index contributed by atoms with van der Waals surface area (Å²) in [5.74, 6) is 0.990. The van der Waals surface area contributed by atoms with Gasteiger partial charge >= 0.3 is 0 Å². The molecule has 0 bridgehead atoms. The number of hydrogen-bond donors (Lipinski definition) is 2. The molecule has 2 N–H and O–H groups in total. The van der Waals surface area contributed by atoms with Gasteiger partial charge in [-0.2, -0.15) is 0 Å². The molecular formula is C22H35IN4O. The van der Waals surface area contributed by atoms with Crippen LogP contribution >= 0.6 is 24.0 Å². The molecule has 1 saturated carbocycles. The second kappa shape index (κ2) is 9.76. The van der Waals surface area contributed by atoms with Crippen LogP contribution in [0.4, 0.5) is 0 Å². The van der Waals surface area contributed by atoms with Gasteiger partial charge in [0.15, 0.2) is 5.96 Å². The van der Waals surface area contributed by atoms with Crippen molar-refractivity contribution in [3.05, 3.63) is 35.4 Å². The van der Waals surface area contributed by atoms with Crippen molar-refractivity contribution in [2.45, 2.75) is 51.7 Å². The number of fused-ring (bicyclic) bond motifs is 1. The van der Waals surface area contributed by atoms with E-state index >= 15 is 0 Å². The van der Waals surface area contributed by atoms with Gasteiger partial charge in [-0.05, 0) is 49.1 Å². The molecule has 6 heteroatoms. The van der Waals surface area contributed by atoms with Crippen LogP contribution in [0.5, 0.6) is 0 Å². The number of nitrogens with zero attached hydrogens (tertiary/aromatic N) is 3. The predicted molar refractivity (Wildman–Crippen MR) is 125 cm³/mol. The van der Waals surface area contributed by atoms with Crippen LogP contribution in [0.1, 0.15) is 43.7 Å². The smallest absolute Gasteiger partial charge is 0.194 e. The highest BCUT2D eigenvalue weighted by atomic mass is 127. The summed E-state index contributed by atoms with van der Waals surface area (Å²) in [5, 5.41) is 14.0. The topological polar surface area (TPSA) is 51.1 Å². The monoisotopic (exact) mass is 498 g/mol. The molecule has 0 aromatic heterocycles. The van der Waals surface area contributed by atoms with E-state index in [9.17, 15) is 5.11 Å². The van der Waals surface area contributed by atoms with E-state index in [2.05, 4.69) is 46.3 Å². The van der Waals surface area contributed by atoms with Crippen LogP contribution in [0.3, 0.4) is 0 Å². The molecule has 1 spiro atoms. The summed E-state index contributed by atoms with van der Waals surface area (Å²) in [6.07, 6.45) is 6.10. The van der Waals surface area contributed by atoms with Gasteiger partial charge in [0.1, 0.15) is 0 Å². The average Bonchev–Trinajstić information content (AvgIpc) is 3.11. The number of aliphatic imine (C=N–C) groups is 1. The van der Waals surface area contributed by atoms with Crippen molar-refractivity contribution in [3.63, 3.8) is 0 Å². The van der Waals surface area contributed by atoms with Crippen molar-refractivity contribution >= 4 is 29.9 Å². The zero-order chi connectivity index (χ0) is 18.7. The number of nitrogens with one attached hydrogen (secondary N) is 1. The second-order valence-electron chi connectivity index (χ2n) is 8.63. The lowest BCUT2D eigenvalue weighted by Gasteiger charge is -2.38. The zero-order valence-corrected chi connectivity index (χ0v) is 19.4. The number of halogens is 1. The number of β-amino-alcohol motifs (C(OH)–C–C–N with tert-alkyl or cyclic N) is 1. The van der Waals surface area contributed by atoms with Gasteiger partial charge in [-0.1, -0.05) is 30.7 Å². The number of rotatable bonds is 5. The first-order valence-electron chi connectivity index (χ1n) is 10.7. The van der Waals surface area contributed by atoms with Gasteiger partial charge in [0.2, 0.25) is 0 Å². The van der Waals surface area contributed by atoms with Crippen LogP contribution in [0.15, 0.2) is 29.3 Å². The third-order valence-corrected chi connectivity index (χ3v) is 6.62. The molecule has 2 aliphatic heterocycles. The maximum absolute atomic E-state index is 10.6.